The number of nitrogen functional groups attached to an aromatic ring is 1. The molecule has 1 aliphatic heterocycles. The van der Waals surface area contributed by atoms with E-state index in [4.69, 9.17) is 11.1 Å². The number of phenolic OH excluding ortho intramolecular Hbond substituents is 1. The van der Waals surface area contributed by atoms with E-state index in [1.165, 1.54) is 22.6 Å². The Morgan fingerprint density at radius 1 is 1.23 bits per heavy atom. The first-order chi connectivity index (χ1) is 16.5. The minimum absolute atomic E-state index is 0.00916. The van der Waals surface area contributed by atoms with Crippen LogP contribution in [0.5, 0.6) is 5.75 Å². The highest BCUT2D eigenvalue weighted by Gasteiger charge is 2.32. The summed E-state index contributed by atoms with van der Waals surface area (Å²) in [6.07, 6.45) is 0.974. The zero-order valence-electron chi connectivity index (χ0n) is 20.1. The summed E-state index contributed by atoms with van der Waals surface area (Å²) in [5.74, 6) is -0.863. The van der Waals surface area contributed by atoms with Crippen molar-refractivity contribution in [3.63, 3.8) is 0 Å². The summed E-state index contributed by atoms with van der Waals surface area (Å²) < 4.78 is 28.3. The number of rotatable bonds is 9. The van der Waals surface area contributed by atoms with Gasteiger partial charge in [0.2, 0.25) is 15.9 Å². The highest BCUT2D eigenvalue weighted by Crippen LogP contribution is 2.27. The summed E-state index contributed by atoms with van der Waals surface area (Å²) in [6.45, 7) is 4.38. The minimum atomic E-state index is -4.31. The molecule has 0 bridgehead atoms. The van der Waals surface area contributed by atoms with Gasteiger partial charge in [-0.1, -0.05) is 38.1 Å². The summed E-state index contributed by atoms with van der Waals surface area (Å²) in [4.78, 5) is 14.1. The molecule has 1 saturated heterocycles. The molecule has 0 saturated carbocycles. The second-order valence-electron chi connectivity index (χ2n) is 9.22. The Hall–Kier alpha value is -2.95. The Labute approximate surface area is 206 Å². The molecule has 2 aromatic rings. The Kier molecular flexibility index (Phi) is 8.52. The number of β-amino-alcohol motifs (C(OH)–C–C–N with tert-alkyl or cyclic N) is 1. The molecule has 9 nitrogen and oxygen atoms in total. The zero-order chi connectivity index (χ0) is 25.8. The largest absolute Gasteiger partial charge is 0.507 e. The molecule has 1 amide bonds. The lowest BCUT2D eigenvalue weighted by molar-refractivity contribution is -0.134. The molecule has 0 aromatic heterocycles. The third kappa shape index (κ3) is 6.59. The number of amides is 1. The summed E-state index contributed by atoms with van der Waals surface area (Å²) in [5.41, 5.74) is 7.75. The summed E-state index contributed by atoms with van der Waals surface area (Å²) in [5, 5.41) is 27.9. The first-order valence-electron chi connectivity index (χ1n) is 11.7. The number of amidine groups is 1. The monoisotopic (exact) mass is 502 g/mol. The lowest BCUT2D eigenvalue weighted by Gasteiger charge is -2.32. The van der Waals surface area contributed by atoms with E-state index in [1.807, 2.05) is 24.3 Å². The van der Waals surface area contributed by atoms with E-state index in [2.05, 4.69) is 13.8 Å². The maximum Gasteiger partial charge on any atom is 0.247 e. The number of piperidine rings is 1. The fraction of sp³-hybridized carbons (Fsp3) is 0.440. The first kappa shape index (κ1) is 26.7. The van der Waals surface area contributed by atoms with Gasteiger partial charge in [-0.3, -0.25) is 10.2 Å². The van der Waals surface area contributed by atoms with Crippen molar-refractivity contribution in [3.05, 3.63) is 59.2 Å². The van der Waals surface area contributed by atoms with Gasteiger partial charge in [0.05, 0.1) is 12.6 Å². The minimum Gasteiger partial charge on any atom is -0.507 e. The summed E-state index contributed by atoms with van der Waals surface area (Å²) >= 11 is 0. The highest BCUT2D eigenvalue weighted by atomic mass is 32.2. The Balaban J connectivity index is 1.89. The van der Waals surface area contributed by atoms with Crippen molar-refractivity contribution < 1.29 is 23.4 Å². The molecule has 0 aliphatic carbocycles. The number of phenols is 1. The number of nitrogens with two attached hydrogens (primary N) is 1. The van der Waals surface area contributed by atoms with Crippen molar-refractivity contribution in [3.8, 4) is 5.75 Å². The van der Waals surface area contributed by atoms with Crippen molar-refractivity contribution in [2.45, 2.75) is 50.0 Å². The number of aliphatic hydroxyl groups excluding tert-OH is 1. The number of nitrogens with one attached hydrogen (secondary N) is 1. The Morgan fingerprint density at radius 2 is 1.91 bits per heavy atom. The van der Waals surface area contributed by atoms with Crippen LogP contribution in [0.4, 0.5) is 0 Å². The molecule has 0 radical (unpaired) electrons. The molecule has 3 rings (SSSR count). The van der Waals surface area contributed by atoms with Gasteiger partial charge in [-0.25, -0.2) is 8.42 Å². The topological polar surface area (TPSA) is 148 Å². The SMILES string of the molecule is CC(C)c1ccc(CCN(CC(=O)N2CCCC(O)C2)S(=O)(=O)c2cc(C(=N)N)ccc2O)cc1. The number of likely N-dealkylation sites (tertiary alicyclic amines) is 1. The van der Waals surface area contributed by atoms with Crippen LogP contribution in [0, 0.1) is 5.41 Å². The molecule has 10 heteroatoms. The summed E-state index contributed by atoms with van der Waals surface area (Å²) in [6, 6.07) is 11.6. The van der Waals surface area contributed by atoms with E-state index in [9.17, 15) is 23.4 Å². The van der Waals surface area contributed by atoms with Gasteiger partial charge in [0.25, 0.3) is 0 Å². The van der Waals surface area contributed by atoms with E-state index in [0.717, 1.165) is 15.9 Å². The van der Waals surface area contributed by atoms with Crippen molar-refractivity contribution >= 4 is 21.8 Å². The van der Waals surface area contributed by atoms with Crippen LogP contribution in [-0.2, 0) is 21.2 Å². The highest BCUT2D eigenvalue weighted by molar-refractivity contribution is 7.89. The van der Waals surface area contributed by atoms with Crippen molar-refractivity contribution in [1.29, 1.82) is 5.41 Å². The van der Waals surface area contributed by atoms with Gasteiger partial charge in [-0.05, 0) is 54.5 Å². The number of aromatic hydroxyl groups is 1. The van der Waals surface area contributed by atoms with E-state index in [0.29, 0.717) is 31.7 Å². The molecular weight excluding hydrogens is 468 g/mol. The number of carbonyl (C=O) groups excluding carboxylic acids is 1. The smallest absolute Gasteiger partial charge is 0.247 e. The Bertz CT molecular complexity index is 1160. The molecule has 35 heavy (non-hydrogen) atoms. The van der Waals surface area contributed by atoms with Crippen molar-refractivity contribution in [1.82, 2.24) is 9.21 Å². The molecule has 1 aliphatic rings. The molecule has 1 atom stereocenters. The predicted molar refractivity (Wildman–Crippen MR) is 134 cm³/mol. The zero-order valence-corrected chi connectivity index (χ0v) is 21.0. The maximum atomic E-state index is 13.6. The van der Waals surface area contributed by atoms with Gasteiger partial charge in [0.15, 0.2) is 0 Å². The molecule has 5 N–H and O–H groups in total. The van der Waals surface area contributed by atoms with Crippen LogP contribution in [-0.4, -0.2) is 71.9 Å². The van der Waals surface area contributed by atoms with Crippen molar-refractivity contribution in [2.75, 3.05) is 26.2 Å². The first-order valence-corrected chi connectivity index (χ1v) is 13.1. The standard InChI is InChI=1S/C25H34N4O5S/c1-17(2)19-7-5-18(6-8-19)11-13-29(16-24(32)28-12-3-4-21(30)15-28)35(33,34)23-14-20(25(26)27)9-10-22(23)31/h5-10,14,17,21,30-31H,3-4,11-13,15-16H2,1-2H3,(H3,26,27). The van der Waals surface area contributed by atoms with Gasteiger partial charge >= 0.3 is 0 Å². The van der Waals surface area contributed by atoms with E-state index >= 15 is 0 Å². The fourth-order valence-corrected chi connectivity index (χ4v) is 5.57. The van der Waals surface area contributed by atoms with Gasteiger partial charge < -0.3 is 20.8 Å². The molecule has 1 unspecified atom stereocenters. The van der Waals surface area contributed by atoms with Crippen LogP contribution in [0.2, 0.25) is 0 Å². The number of carbonyl (C=O) groups is 1. The Morgan fingerprint density at radius 3 is 2.51 bits per heavy atom. The number of hydrogen-bond donors (Lipinski definition) is 4. The number of aliphatic hydroxyl groups is 1. The average Bonchev–Trinajstić information content (AvgIpc) is 2.81. The lowest BCUT2D eigenvalue weighted by Crippen LogP contribution is -2.48. The molecule has 190 valence electrons. The fourth-order valence-electron chi connectivity index (χ4n) is 4.07. The van der Waals surface area contributed by atoms with E-state index < -0.39 is 39.2 Å². The average molecular weight is 503 g/mol. The van der Waals surface area contributed by atoms with Crippen LogP contribution in [0.1, 0.15) is 49.3 Å². The predicted octanol–water partition coefficient (Wildman–Crippen LogP) is 2.02. The molecule has 1 fully saturated rings. The van der Waals surface area contributed by atoms with E-state index in [-0.39, 0.29) is 24.5 Å². The van der Waals surface area contributed by atoms with Gasteiger partial charge in [0.1, 0.15) is 16.5 Å². The number of benzene rings is 2. The normalized spacial score (nSPS) is 16.6. The molecule has 1 heterocycles. The third-order valence-corrected chi connectivity index (χ3v) is 8.12. The quantitative estimate of drug-likeness (QED) is 0.305. The molecule has 2 aromatic carbocycles. The second kappa shape index (κ2) is 11.2. The van der Waals surface area contributed by atoms with Crippen LogP contribution >= 0.6 is 0 Å². The third-order valence-electron chi connectivity index (χ3n) is 6.25. The van der Waals surface area contributed by atoms with Gasteiger partial charge in [0, 0.05) is 25.2 Å². The van der Waals surface area contributed by atoms with Crippen molar-refractivity contribution in [2.24, 2.45) is 5.73 Å². The van der Waals surface area contributed by atoms with Gasteiger partial charge in [-0.15, -0.1) is 0 Å². The number of hydrogen-bond acceptors (Lipinski definition) is 6. The lowest BCUT2D eigenvalue weighted by atomic mass is 10.0. The van der Waals surface area contributed by atoms with Gasteiger partial charge in [-0.2, -0.15) is 4.31 Å². The number of nitrogens with zero attached hydrogens (tertiary/aromatic N) is 2. The van der Waals surface area contributed by atoms with Crippen LogP contribution in [0.3, 0.4) is 0 Å². The van der Waals surface area contributed by atoms with E-state index in [1.54, 1.807) is 0 Å². The molecule has 0 spiro atoms. The maximum absolute atomic E-state index is 13.6. The van der Waals surface area contributed by atoms with Crippen LogP contribution in [0.25, 0.3) is 0 Å². The number of sulfonamides is 1. The second-order valence-corrected chi connectivity index (χ2v) is 11.1. The van der Waals surface area contributed by atoms with Crippen LogP contribution in [0.15, 0.2) is 47.4 Å². The molecular formula is C25H34N4O5S. The van der Waals surface area contributed by atoms with Crippen LogP contribution < -0.4 is 5.73 Å². The summed E-state index contributed by atoms with van der Waals surface area (Å²) in [7, 11) is -4.31.